The number of nitrogens with zero attached hydrogens (tertiary/aromatic N) is 13. The van der Waals surface area contributed by atoms with Crippen LogP contribution in [0.2, 0.25) is 5.28 Å². The van der Waals surface area contributed by atoms with Gasteiger partial charge in [0.15, 0.2) is 34.4 Å². The third-order valence-corrected chi connectivity index (χ3v) is 15.3. The number of carbonyl (C=O) groups excluding carboxylic acids is 4. The number of aryl methyl sites for hydroxylation is 1. The summed E-state index contributed by atoms with van der Waals surface area (Å²) < 4.78 is 105. The van der Waals surface area contributed by atoms with E-state index in [4.69, 9.17) is 30.5 Å². The lowest BCUT2D eigenvalue weighted by molar-refractivity contribution is -0.138. The Bertz CT molecular complexity index is 5530. The Balaban J connectivity index is 0.000000155. The summed E-state index contributed by atoms with van der Waals surface area (Å²) in [6.45, 7) is 10.4. The highest BCUT2D eigenvalue weighted by Crippen LogP contribution is 2.34. The molecule has 111 heavy (non-hydrogen) atoms. The second kappa shape index (κ2) is 32.5. The van der Waals surface area contributed by atoms with Crippen molar-refractivity contribution >= 4 is 98.5 Å². The van der Waals surface area contributed by atoms with Gasteiger partial charge in [0.25, 0.3) is 17.7 Å². The number of hydrogen-bond donors (Lipinski definition) is 7. The molecule has 0 radical (unpaired) electrons. The zero-order valence-corrected chi connectivity index (χ0v) is 59.8. The summed E-state index contributed by atoms with van der Waals surface area (Å²) in [5.74, 6) is 3.24. The second-order valence-electron chi connectivity index (χ2n) is 25.4. The number of alkyl halides is 6. The number of amides is 4. The quantitative estimate of drug-likeness (QED) is 0.0310. The van der Waals surface area contributed by atoms with E-state index in [1.165, 1.54) is 56.1 Å². The molecule has 0 aliphatic rings. The molecule has 0 aliphatic heterocycles. The van der Waals surface area contributed by atoms with Crippen molar-refractivity contribution in [1.29, 1.82) is 0 Å². The molecular formula is C76H62ClF6N19O9. The van der Waals surface area contributed by atoms with Crippen molar-refractivity contribution in [1.82, 2.24) is 63.7 Å². The molecule has 0 atom stereocenters. The number of aliphatic hydroxyl groups is 1. The van der Waals surface area contributed by atoms with Crippen LogP contribution in [0.3, 0.4) is 0 Å². The van der Waals surface area contributed by atoms with Crippen molar-refractivity contribution in [3.05, 3.63) is 270 Å². The van der Waals surface area contributed by atoms with E-state index in [0.29, 0.717) is 91.5 Å². The van der Waals surface area contributed by atoms with Gasteiger partial charge in [0, 0.05) is 82.5 Å². The fourth-order valence-corrected chi connectivity index (χ4v) is 10.3. The molecule has 14 aromatic rings. The van der Waals surface area contributed by atoms with Gasteiger partial charge in [0.2, 0.25) is 22.9 Å². The molecule has 0 fully saturated rings. The van der Waals surface area contributed by atoms with Gasteiger partial charge in [0.05, 0.1) is 35.3 Å². The summed E-state index contributed by atoms with van der Waals surface area (Å²) >= 11 is 5.80. The molecule has 6 aromatic carbocycles. The minimum absolute atomic E-state index is 0.0934. The highest BCUT2D eigenvalue weighted by molar-refractivity contribution is 6.28. The van der Waals surface area contributed by atoms with Crippen molar-refractivity contribution in [3.63, 3.8) is 0 Å². The Hall–Kier alpha value is -14.2. The molecule has 0 bridgehead atoms. The van der Waals surface area contributed by atoms with Crippen molar-refractivity contribution in [2.45, 2.75) is 65.1 Å². The number of benzene rings is 6. The van der Waals surface area contributed by atoms with Crippen molar-refractivity contribution < 1.29 is 69.6 Å². The van der Waals surface area contributed by atoms with Gasteiger partial charge in [-0.05, 0) is 174 Å². The normalized spacial score (nSPS) is 11.5. The van der Waals surface area contributed by atoms with Crippen LogP contribution in [0.25, 0.3) is 16.9 Å². The van der Waals surface area contributed by atoms with Gasteiger partial charge in [-0.3, -0.25) is 19.7 Å². The minimum Gasteiger partial charge on any atom is -0.444 e. The first-order valence-corrected chi connectivity index (χ1v) is 33.6. The number of halogens is 7. The van der Waals surface area contributed by atoms with E-state index >= 15 is 0 Å². The van der Waals surface area contributed by atoms with E-state index in [1.807, 2.05) is 0 Å². The van der Waals surface area contributed by atoms with Crippen molar-refractivity contribution in [2.24, 2.45) is 0 Å². The molecule has 0 aliphatic carbocycles. The van der Waals surface area contributed by atoms with Gasteiger partial charge >= 0.3 is 18.4 Å². The fraction of sp³-hybridized carbons (Fsp3) is 0.132. The number of imidazole rings is 3. The van der Waals surface area contributed by atoms with E-state index < -0.39 is 52.6 Å². The lowest BCUT2D eigenvalue weighted by Gasteiger charge is -2.18. The summed E-state index contributed by atoms with van der Waals surface area (Å²) in [5, 5.41) is 40.1. The van der Waals surface area contributed by atoms with Crippen LogP contribution in [0.5, 0.6) is 34.9 Å². The van der Waals surface area contributed by atoms with E-state index in [0.717, 1.165) is 24.3 Å². The first-order valence-electron chi connectivity index (χ1n) is 33.2. The minimum atomic E-state index is -4.55. The van der Waals surface area contributed by atoms with E-state index in [-0.39, 0.29) is 45.8 Å². The Morgan fingerprint density at radius 1 is 0.414 bits per heavy atom. The van der Waals surface area contributed by atoms with Crippen LogP contribution in [0.1, 0.15) is 88.2 Å². The third kappa shape index (κ3) is 21.1. The average molecular weight is 1530 g/mol. The van der Waals surface area contributed by atoms with Crippen LogP contribution in [0, 0.1) is 6.92 Å². The van der Waals surface area contributed by atoms with E-state index in [9.17, 15) is 50.6 Å². The molecule has 564 valence electrons. The van der Waals surface area contributed by atoms with Crippen LogP contribution in [0.15, 0.2) is 225 Å². The first kappa shape index (κ1) is 76.5. The first-order chi connectivity index (χ1) is 52.8. The third-order valence-electron chi connectivity index (χ3n) is 15.1. The number of hydrogen-bond acceptors (Lipinski definition) is 21. The monoisotopic (exact) mass is 1530 g/mol. The summed E-state index contributed by atoms with van der Waals surface area (Å²) in [6.07, 6.45) is -1.71. The topological polar surface area (TPSA) is 340 Å². The number of aromatic nitrogens is 13. The summed E-state index contributed by atoms with van der Waals surface area (Å²) in [7, 11) is 0. The van der Waals surface area contributed by atoms with Crippen LogP contribution in [0.4, 0.5) is 77.3 Å². The maximum absolute atomic E-state index is 13.0. The molecule has 0 unspecified atom stereocenters. The van der Waals surface area contributed by atoms with Gasteiger partial charge in [0.1, 0.15) is 40.3 Å². The molecule has 4 amide bonds. The zero-order chi connectivity index (χ0) is 78.8. The summed E-state index contributed by atoms with van der Waals surface area (Å²) in [6, 6.07) is 48.3. The standard InChI is InChI=1S/C27H29N5O5.C25H18F3N7O2.C24H15ClF3N7O2/c1-26(2,3)37-25(34)30-21-16-32-22(29-21)12-13-23(31-32)36-20-11-7-10-19(15-20)28-24(33)17-8-6-9-18(14-17)27(4,5)35;1-15-29-11-10-20(30-15)32-21-14-35-22(33-21)8-9-23(34-35)37-19-7-3-6-18(13-19)31-24(36)16-4-2-5-17(12-16)25(26,27)28;25-23-29-10-9-18(33-23)31-19-13-35-20(32-19)7-8-21(34-35)37-17-6-2-5-16(12-17)30-22(36)14-3-1-4-15(11-14)24(26,27)28/h6-16,35H,1-5H3,(H,28,33)(H,30,34);2-14H,1H3,(H,31,36)(H,29,30,32);1-13H,(H,30,36)(H,29,31,33). The summed E-state index contributed by atoms with van der Waals surface area (Å²) in [5.41, 5.74) is 0.163. The van der Waals surface area contributed by atoms with Gasteiger partial charge in [-0.25, -0.2) is 53.2 Å². The molecule has 35 heteroatoms. The molecule has 0 spiro atoms. The smallest absolute Gasteiger partial charge is 0.416 e. The average Bonchev–Trinajstić information content (AvgIpc) is 1.56. The second-order valence-corrected chi connectivity index (χ2v) is 25.8. The maximum Gasteiger partial charge on any atom is 0.416 e. The van der Waals surface area contributed by atoms with Crippen LogP contribution >= 0.6 is 11.6 Å². The molecule has 0 saturated heterocycles. The largest absolute Gasteiger partial charge is 0.444 e. The van der Waals surface area contributed by atoms with E-state index in [1.54, 1.807) is 200 Å². The van der Waals surface area contributed by atoms with E-state index in [2.05, 4.69) is 82.1 Å². The molecule has 8 heterocycles. The number of nitrogens with one attached hydrogen (secondary N) is 6. The molecule has 8 aromatic heterocycles. The maximum atomic E-state index is 13.0. The van der Waals surface area contributed by atoms with Gasteiger partial charge < -0.3 is 50.6 Å². The summed E-state index contributed by atoms with van der Waals surface area (Å²) in [4.78, 5) is 79.1. The number of anilines is 8. The number of rotatable bonds is 18. The van der Waals surface area contributed by atoms with Crippen LogP contribution < -0.4 is 46.1 Å². The molecule has 0 saturated carbocycles. The van der Waals surface area contributed by atoms with Crippen molar-refractivity contribution in [2.75, 3.05) is 31.9 Å². The Labute approximate surface area is 630 Å². The predicted octanol–water partition coefficient (Wildman–Crippen LogP) is 17.0. The Morgan fingerprint density at radius 2 is 0.784 bits per heavy atom. The van der Waals surface area contributed by atoms with Gasteiger partial charge in [-0.1, -0.05) is 42.5 Å². The van der Waals surface area contributed by atoms with Gasteiger partial charge in [-0.15, -0.1) is 15.3 Å². The predicted molar refractivity (Wildman–Crippen MR) is 397 cm³/mol. The fourth-order valence-electron chi connectivity index (χ4n) is 10.1. The molecule has 7 N–H and O–H groups in total. The zero-order valence-electron chi connectivity index (χ0n) is 59.0. The SMILES string of the molecule is CC(C)(C)OC(=O)Nc1cn2nc(Oc3cccc(NC(=O)c4cccc(C(C)(C)O)c4)c3)ccc2n1.Cc1nccc(Nc2cn3nc(Oc4cccc(NC(=O)c5cccc(C(F)(F)F)c5)c4)ccc3n2)n1.O=C(Nc1cccc(Oc2ccc3nc(Nc4ccnc(Cl)n4)cn3n2)c1)c1cccc(C(F)(F)F)c1. The van der Waals surface area contributed by atoms with Crippen LogP contribution in [-0.2, 0) is 22.7 Å². The van der Waals surface area contributed by atoms with Crippen LogP contribution in [-0.4, -0.2) is 98.3 Å². The Morgan fingerprint density at radius 3 is 1.17 bits per heavy atom. The molecular weight excluding hydrogens is 1470 g/mol. The number of fused-ring (bicyclic) bond motifs is 3. The lowest BCUT2D eigenvalue weighted by Crippen LogP contribution is -2.27. The van der Waals surface area contributed by atoms with Crippen molar-refractivity contribution in [3.8, 4) is 34.9 Å². The van der Waals surface area contributed by atoms with Gasteiger partial charge in [-0.2, -0.15) is 26.3 Å². The molecule has 14 rings (SSSR count). The Kier molecular flexibility index (Phi) is 22.4. The highest BCUT2D eigenvalue weighted by Gasteiger charge is 2.32. The molecule has 28 nitrogen and oxygen atoms in total. The highest BCUT2D eigenvalue weighted by atomic mass is 35.5. The number of ether oxygens (including phenoxy) is 4. The number of carbonyl (C=O) groups is 4. The lowest BCUT2D eigenvalue weighted by atomic mass is 9.96.